The summed E-state index contributed by atoms with van der Waals surface area (Å²) in [6, 6.07) is 5.63. The quantitative estimate of drug-likeness (QED) is 0.509. The summed E-state index contributed by atoms with van der Waals surface area (Å²) in [7, 11) is 1.46. The van der Waals surface area contributed by atoms with Crippen molar-refractivity contribution in [3.8, 4) is 5.75 Å². The summed E-state index contributed by atoms with van der Waals surface area (Å²) in [5, 5.41) is 13.9. The number of methoxy groups -OCH3 is 1. The number of guanidine groups is 2. The zero-order valence-corrected chi connectivity index (χ0v) is 19.3. The summed E-state index contributed by atoms with van der Waals surface area (Å²) in [5.74, 6) is 1.78. The maximum Gasteiger partial charge on any atom is 0.229 e. The fraction of sp³-hybridized carbons (Fsp3) is 0.667. The van der Waals surface area contributed by atoms with Gasteiger partial charge in [-0.25, -0.2) is 9.38 Å². The zero-order valence-electron chi connectivity index (χ0n) is 19.3. The van der Waals surface area contributed by atoms with Gasteiger partial charge in [0.1, 0.15) is 0 Å². The maximum absolute atomic E-state index is 14.2. The van der Waals surface area contributed by atoms with Gasteiger partial charge in [0.25, 0.3) is 0 Å². The molecule has 0 bridgehead atoms. The van der Waals surface area contributed by atoms with Crippen molar-refractivity contribution in [1.29, 1.82) is 0 Å². The Morgan fingerprint density at radius 3 is 2.44 bits per heavy atom. The number of anilines is 1. The number of rotatable bonds is 5. The Bertz CT molecular complexity index is 813. The number of hydrogen-bond donors (Lipinski definition) is 4. The van der Waals surface area contributed by atoms with Gasteiger partial charge in [0.05, 0.1) is 7.11 Å². The molecule has 0 spiro atoms. The minimum absolute atomic E-state index is 0.216. The SMILES string of the molecule is COc1ccc(NC2=NC(NC3CCCCCC3)NC(NC3CCC(C)CC3)=N2)cc1F. The van der Waals surface area contributed by atoms with Gasteiger partial charge in [-0.1, -0.05) is 32.6 Å². The number of nitrogens with zero attached hydrogens (tertiary/aromatic N) is 2. The van der Waals surface area contributed by atoms with Gasteiger partial charge < -0.3 is 20.7 Å². The van der Waals surface area contributed by atoms with Crippen LogP contribution in [-0.2, 0) is 0 Å². The van der Waals surface area contributed by atoms with Crippen LogP contribution in [0, 0.1) is 11.7 Å². The van der Waals surface area contributed by atoms with Crippen LogP contribution in [0.4, 0.5) is 10.1 Å². The summed E-state index contributed by atoms with van der Waals surface area (Å²) < 4.78 is 19.2. The molecule has 0 amide bonds. The van der Waals surface area contributed by atoms with Gasteiger partial charge in [-0.2, -0.15) is 4.99 Å². The molecule has 1 aliphatic heterocycles. The summed E-state index contributed by atoms with van der Waals surface area (Å²) in [6.07, 6.45) is 11.9. The molecule has 1 unspecified atom stereocenters. The number of halogens is 1. The van der Waals surface area contributed by atoms with Gasteiger partial charge >= 0.3 is 0 Å². The zero-order chi connectivity index (χ0) is 22.3. The van der Waals surface area contributed by atoms with E-state index in [-0.39, 0.29) is 12.0 Å². The minimum Gasteiger partial charge on any atom is -0.494 e. The molecular weight excluding hydrogens is 407 g/mol. The van der Waals surface area contributed by atoms with E-state index in [2.05, 4.69) is 33.2 Å². The van der Waals surface area contributed by atoms with E-state index in [1.54, 1.807) is 12.1 Å². The molecular formula is C24H37FN6O. The van der Waals surface area contributed by atoms with Gasteiger partial charge in [0.2, 0.25) is 11.9 Å². The van der Waals surface area contributed by atoms with E-state index in [9.17, 15) is 4.39 Å². The highest BCUT2D eigenvalue weighted by molar-refractivity contribution is 6.03. The van der Waals surface area contributed by atoms with Crippen molar-refractivity contribution in [2.45, 2.75) is 89.5 Å². The van der Waals surface area contributed by atoms with Gasteiger partial charge in [-0.15, -0.1) is 0 Å². The molecule has 0 radical (unpaired) electrons. The first-order valence-corrected chi connectivity index (χ1v) is 12.1. The highest BCUT2D eigenvalue weighted by Gasteiger charge is 2.24. The van der Waals surface area contributed by atoms with E-state index in [1.807, 2.05) is 0 Å². The van der Waals surface area contributed by atoms with E-state index >= 15 is 0 Å². The second-order valence-corrected chi connectivity index (χ2v) is 9.39. The molecule has 7 nitrogen and oxygen atoms in total. The Hall–Kier alpha value is -2.35. The average molecular weight is 445 g/mol. The molecule has 176 valence electrons. The Labute approximate surface area is 190 Å². The first-order chi connectivity index (χ1) is 15.6. The van der Waals surface area contributed by atoms with Crippen LogP contribution >= 0.6 is 0 Å². The monoisotopic (exact) mass is 444 g/mol. The molecule has 1 atom stereocenters. The Morgan fingerprint density at radius 2 is 1.75 bits per heavy atom. The van der Waals surface area contributed by atoms with Crippen LogP contribution in [-0.4, -0.2) is 37.4 Å². The Morgan fingerprint density at radius 1 is 1.00 bits per heavy atom. The molecule has 2 saturated carbocycles. The molecule has 0 aromatic heterocycles. The topological polar surface area (TPSA) is 82.1 Å². The van der Waals surface area contributed by atoms with Crippen LogP contribution < -0.4 is 26.0 Å². The predicted octanol–water partition coefficient (Wildman–Crippen LogP) is 4.33. The first-order valence-electron chi connectivity index (χ1n) is 12.1. The number of ether oxygens (including phenoxy) is 1. The number of nitrogens with one attached hydrogen (secondary N) is 4. The molecule has 2 aliphatic carbocycles. The lowest BCUT2D eigenvalue weighted by molar-refractivity contribution is 0.325. The van der Waals surface area contributed by atoms with Crippen LogP contribution in [0.3, 0.4) is 0 Å². The lowest BCUT2D eigenvalue weighted by Crippen LogP contribution is -2.56. The van der Waals surface area contributed by atoms with Crippen molar-refractivity contribution in [2.75, 3.05) is 12.4 Å². The van der Waals surface area contributed by atoms with Crippen molar-refractivity contribution < 1.29 is 9.13 Å². The van der Waals surface area contributed by atoms with Crippen molar-refractivity contribution in [2.24, 2.45) is 15.9 Å². The molecule has 4 rings (SSSR count). The molecule has 1 aromatic carbocycles. The molecule has 4 N–H and O–H groups in total. The lowest BCUT2D eigenvalue weighted by Gasteiger charge is -2.32. The van der Waals surface area contributed by atoms with Crippen LogP contribution in [0.25, 0.3) is 0 Å². The van der Waals surface area contributed by atoms with Crippen molar-refractivity contribution >= 4 is 17.6 Å². The maximum atomic E-state index is 14.2. The van der Waals surface area contributed by atoms with Gasteiger partial charge in [0.15, 0.2) is 17.9 Å². The standard InChI is InChI=1S/C24H37FN6O/c1-16-9-11-18(12-10-16)27-23-29-22(26-17-7-5-3-4-6-8-17)30-24(31-23)28-19-13-14-21(32-2)20(25)15-19/h13-18,22,26H,3-12H2,1-2H3,(H3,27,28,29,30,31). The Balaban J connectivity index is 1.47. The van der Waals surface area contributed by atoms with Crippen molar-refractivity contribution in [3.05, 3.63) is 24.0 Å². The molecule has 8 heteroatoms. The van der Waals surface area contributed by atoms with Crippen LogP contribution in [0.2, 0.25) is 0 Å². The summed E-state index contributed by atoms with van der Waals surface area (Å²) >= 11 is 0. The van der Waals surface area contributed by atoms with Crippen LogP contribution in [0.5, 0.6) is 5.75 Å². The number of aliphatic imine (C=N–C) groups is 2. The lowest BCUT2D eigenvalue weighted by atomic mass is 9.87. The van der Waals surface area contributed by atoms with E-state index in [0.717, 1.165) is 24.7 Å². The third kappa shape index (κ3) is 6.34. The van der Waals surface area contributed by atoms with E-state index in [4.69, 9.17) is 9.73 Å². The fourth-order valence-corrected chi connectivity index (χ4v) is 4.80. The van der Waals surface area contributed by atoms with Crippen molar-refractivity contribution in [1.82, 2.24) is 16.0 Å². The van der Waals surface area contributed by atoms with Crippen LogP contribution in [0.15, 0.2) is 28.2 Å². The number of hydrogen-bond acceptors (Lipinski definition) is 7. The van der Waals surface area contributed by atoms with E-state index in [1.165, 1.54) is 64.5 Å². The molecule has 32 heavy (non-hydrogen) atoms. The van der Waals surface area contributed by atoms with Crippen molar-refractivity contribution in [3.63, 3.8) is 0 Å². The van der Waals surface area contributed by atoms with E-state index in [0.29, 0.717) is 23.7 Å². The van der Waals surface area contributed by atoms with E-state index < -0.39 is 5.82 Å². The predicted molar refractivity (Wildman–Crippen MR) is 128 cm³/mol. The second-order valence-electron chi connectivity index (χ2n) is 9.39. The Kier molecular flexibility index (Phi) is 7.84. The first kappa shape index (κ1) is 22.8. The van der Waals surface area contributed by atoms with Gasteiger partial charge in [0, 0.05) is 23.8 Å². The fourth-order valence-electron chi connectivity index (χ4n) is 4.80. The molecule has 1 aromatic rings. The molecule has 2 fully saturated rings. The smallest absolute Gasteiger partial charge is 0.229 e. The highest BCUT2D eigenvalue weighted by Crippen LogP contribution is 2.24. The van der Waals surface area contributed by atoms with Crippen LogP contribution in [0.1, 0.15) is 71.1 Å². The molecule has 3 aliphatic rings. The summed E-state index contributed by atoms with van der Waals surface area (Å²) in [5.41, 5.74) is 0.590. The average Bonchev–Trinajstić information content (AvgIpc) is 3.04. The highest BCUT2D eigenvalue weighted by atomic mass is 19.1. The second kappa shape index (κ2) is 11.0. The molecule has 0 saturated heterocycles. The molecule has 1 heterocycles. The summed E-state index contributed by atoms with van der Waals surface area (Å²) in [4.78, 5) is 9.40. The largest absolute Gasteiger partial charge is 0.494 e. The third-order valence-electron chi connectivity index (χ3n) is 6.76. The number of benzene rings is 1. The third-order valence-corrected chi connectivity index (χ3v) is 6.76. The summed E-state index contributed by atoms with van der Waals surface area (Å²) in [6.45, 7) is 2.32. The minimum atomic E-state index is -0.418. The van der Waals surface area contributed by atoms with Gasteiger partial charge in [-0.05, 0) is 56.6 Å². The normalized spacial score (nSPS) is 26.9. The van der Waals surface area contributed by atoms with Gasteiger partial charge in [-0.3, -0.25) is 5.32 Å².